The number of nitrogens with two attached hydrogens (primary N) is 1. The number of hydrogen-bond acceptors (Lipinski definition) is 4. The zero-order valence-corrected chi connectivity index (χ0v) is 11.2. The Morgan fingerprint density at radius 1 is 1.50 bits per heavy atom. The molecule has 0 aliphatic heterocycles. The first-order chi connectivity index (χ1) is 8.63. The van der Waals surface area contributed by atoms with Crippen LogP contribution in [0.3, 0.4) is 0 Å². The number of thiophene rings is 1. The molecule has 3 rings (SSSR count). The van der Waals surface area contributed by atoms with Crippen molar-refractivity contribution in [3.8, 4) is 16.5 Å². The van der Waals surface area contributed by atoms with Crippen molar-refractivity contribution in [2.45, 2.75) is 32.7 Å². The van der Waals surface area contributed by atoms with Crippen LogP contribution in [0, 0.1) is 11.3 Å². The average molecular weight is 258 g/mol. The van der Waals surface area contributed by atoms with Crippen LogP contribution in [0.15, 0.2) is 6.20 Å². The Balaban J connectivity index is 2.22. The maximum atomic E-state index is 9.16. The fourth-order valence-electron chi connectivity index (χ4n) is 2.58. The van der Waals surface area contributed by atoms with Gasteiger partial charge in [0.15, 0.2) is 0 Å². The molecule has 0 amide bonds. The van der Waals surface area contributed by atoms with Gasteiger partial charge < -0.3 is 5.73 Å². The molecule has 2 heterocycles. The first-order valence-electron chi connectivity index (χ1n) is 6.01. The van der Waals surface area contributed by atoms with Gasteiger partial charge in [-0.1, -0.05) is 0 Å². The third-order valence-electron chi connectivity index (χ3n) is 3.39. The molecule has 0 aromatic carbocycles. The Morgan fingerprint density at radius 3 is 2.94 bits per heavy atom. The molecule has 0 saturated heterocycles. The molecule has 2 N–H and O–H groups in total. The van der Waals surface area contributed by atoms with Gasteiger partial charge >= 0.3 is 0 Å². The van der Waals surface area contributed by atoms with Crippen molar-refractivity contribution < 1.29 is 0 Å². The molecule has 1 aliphatic carbocycles. The van der Waals surface area contributed by atoms with Gasteiger partial charge in [-0.15, -0.1) is 11.3 Å². The summed E-state index contributed by atoms with van der Waals surface area (Å²) in [6.45, 7) is 4.26. The molecule has 0 unspecified atom stereocenters. The molecule has 0 spiro atoms. The molecular weight excluding hydrogens is 244 g/mol. The SMILES string of the molecule is CC(C)n1ncc2c1CCc1c-2sc(N)c1C#N. The van der Waals surface area contributed by atoms with E-state index in [1.54, 1.807) is 0 Å². The monoisotopic (exact) mass is 258 g/mol. The highest BCUT2D eigenvalue weighted by atomic mass is 32.1. The average Bonchev–Trinajstić information content (AvgIpc) is 2.87. The summed E-state index contributed by atoms with van der Waals surface area (Å²) in [5, 5.41) is 14.3. The van der Waals surface area contributed by atoms with Crippen LogP contribution < -0.4 is 5.73 Å². The summed E-state index contributed by atoms with van der Waals surface area (Å²) >= 11 is 1.51. The second-order valence-corrected chi connectivity index (χ2v) is 5.86. The van der Waals surface area contributed by atoms with Crippen molar-refractivity contribution in [3.05, 3.63) is 23.0 Å². The fourth-order valence-corrected chi connectivity index (χ4v) is 3.68. The second kappa shape index (κ2) is 3.85. The normalized spacial score (nSPS) is 13.2. The molecular formula is C13H14N4S. The van der Waals surface area contributed by atoms with E-state index >= 15 is 0 Å². The summed E-state index contributed by atoms with van der Waals surface area (Å²) in [7, 11) is 0. The number of rotatable bonds is 1. The lowest BCUT2D eigenvalue weighted by Crippen LogP contribution is -2.11. The van der Waals surface area contributed by atoms with Gasteiger partial charge in [0.25, 0.3) is 0 Å². The molecule has 0 fully saturated rings. The summed E-state index contributed by atoms with van der Waals surface area (Å²) in [6, 6.07) is 2.59. The summed E-state index contributed by atoms with van der Waals surface area (Å²) in [5.74, 6) is 0. The number of nitrogens with zero attached hydrogens (tertiary/aromatic N) is 3. The number of hydrogen-bond donors (Lipinski definition) is 1. The van der Waals surface area contributed by atoms with Crippen LogP contribution in [-0.4, -0.2) is 9.78 Å². The molecule has 18 heavy (non-hydrogen) atoms. The third kappa shape index (κ3) is 1.39. The highest BCUT2D eigenvalue weighted by Gasteiger charge is 2.27. The Kier molecular flexibility index (Phi) is 2.42. The van der Waals surface area contributed by atoms with Gasteiger partial charge in [0.2, 0.25) is 0 Å². The summed E-state index contributed by atoms with van der Waals surface area (Å²) < 4.78 is 2.07. The van der Waals surface area contributed by atoms with Crippen LogP contribution in [0.5, 0.6) is 0 Å². The Hall–Kier alpha value is -1.80. The number of nitriles is 1. The minimum absolute atomic E-state index is 0.364. The number of nitrogen functional groups attached to an aromatic ring is 1. The molecule has 92 valence electrons. The third-order valence-corrected chi connectivity index (χ3v) is 4.48. The van der Waals surface area contributed by atoms with E-state index in [4.69, 9.17) is 11.0 Å². The summed E-state index contributed by atoms with van der Waals surface area (Å²) in [5.41, 5.74) is 10.1. The summed E-state index contributed by atoms with van der Waals surface area (Å²) in [6.07, 6.45) is 3.73. The standard InChI is InChI=1S/C13H14N4S/c1-7(2)17-11-4-3-8-9(5-14)13(15)18-12(8)10(11)6-16-17/h6-7H,3-4,15H2,1-2H3. The molecule has 2 aromatic rings. The molecule has 0 saturated carbocycles. The molecule has 2 aromatic heterocycles. The van der Waals surface area contributed by atoms with Crippen molar-refractivity contribution in [3.63, 3.8) is 0 Å². The number of fused-ring (bicyclic) bond motifs is 3. The van der Waals surface area contributed by atoms with Crippen LogP contribution >= 0.6 is 11.3 Å². The van der Waals surface area contributed by atoms with Crippen LogP contribution in [0.1, 0.15) is 36.7 Å². The maximum Gasteiger partial charge on any atom is 0.105 e. The lowest BCUT2D eigenvalue weighted by molar-refractivity contribution is 0.508. The van der Waals surface area contributed by atoms with E-state index in [1.165, 1.54) is 17.0 Å². The molecule has 0 atom stereocenters. The minimum atomic E-state index is 0.364. The van der Waals surface area contributed by atoms with Gasteiger partial charge in [-0.3, -0.25) is 4.68 Å². The largest absolute Gasteiger partial charge is 0.389 e. The predicted molar refractivity (Wildman–Crippen MR) is 72.5 cm³/mol. The minimum Gasteiger partial charge on any atom is -0.389 e. The molecule has 0 radical (unpaired) electrons. The first kappa shape index (κ1) is 11.3. The van der Waals surface area contributed by atoms with Crippen molar-refractivity contribution >= 4 is 16.3 Å². The van der Waals surface area contributed by atoms with E-state index < -0.39 is 0 Å². The van der Waals surface area contributed by atoms with E-state index in [0.29, 0.717) is 16.6 Å². The van der Waals surface area contributed by atoms with Crippen molar-refractivity contribution in [1.29, 1.82) is 5.26 Å². The maximum absolute atomic E-state index is 9.16. The van der Waals surface area contributed by atoms with Gasteiger partial charge in [-0.25, -0.2) is 0 Å². The highest BCUT2D eigenvalue weighted by molar-refractivity contribution is 7.19. The Morgan fingerprint density at radius 2 is 2.28 bits per heavy atom. The van der Waals surface area contributed by atoms with Crippen LogP contribution in [-0.2, 0) is 12.8 Å². The van der Waals surface area contributed by atoms with Crippen LogP contribution in [0.2, 0.25) is 0 Å². The van der Waals surface area contributed by atoms with Gasteiger partial charge in [-0.2, -0.15) is 10.4 Å². The van der Waals surface area contributed by atoms with Crippen molar-refractivity contribution in [1.82, 2.24) is 9.78 Å². The van der Waals surface area contributed by atoms with Crippen molar-refractivity contribution in [2.24, 2.45) is 0 Å². The number of aromatic nitrogens is 2. The van der Waals surface area contributed by atoms with E-state index in [9.17, 15) is 0 Å². The van der Waals surface area contributed by atoms with E-state index in [2.05, 4.69) is 29.7 Å². The molecule has 0 bridgehead atoms. The molecule has 5 heteroatoms. The van der Waals surface area contributed by atoms with Crippen LogP contribution in [0.25, 0.3) is 10.4 Å². The quantitative estimate of drug-likeness (QED) is 0.855. The predicted octanol–water partition coefficient (Wildman–Crippen LogP) is 2.74. The summed E-state index contributed by atoms with van der Waals surface area (Å²) in [4.78, 5) is 1.14. The van der Waals surface area contributed by atoms with Crippen molar-refractivity contribution in [2.75, 3.05) is 5.73 Å². The Bertz CT molecular complexity index is 657. The van der Waals surface area contributed by atoms with Crippen LogP contribution in [0.4, 0.5) is 5.00 Å². The topological polar surface area (TPSA) is 67.6 Å². The lowest BCUT2D eigenvalue weighted by atomic mass is 9.94. The first-order valence-corrected chi connectivity index (χ1v) is 6.83. The second-order valence-electron chi connectivity index (χ2n) is 4.80. The molecule has 1 aliphatic rings. The Labute approximate surface area is 110 Å². The van der Waals surface area contributed by atoms with E-state index in [1.807, 2.05) is 6.20 Å². The van der Waals surface area contributed by atoms with Gasteiger partial charge in [-0.05, 0) is 32.3 Å². The smallest absolute Gasteiger partial charge is 0.105 e. The van der Waals surface area contributed by atoms with Gasteiger partial charge in [0, 0.05) is 22.2 Å². The van der Waals surface area contributed by atoms with Gasteiger partial charge in [0.1, 0.15) is 11.1 Å². The van der Waals surface area contributed by atoms with E-state index in [-0.39, 0.29) is 0 Å². The zero-order chi connectivity index (χ0) is 12.9. The zero-order valence-electron chi connectivity index (χ0n) is 10.4. The lowest BCUT2D eigenvalue weighted by Gasteiger charge is -2.16. The van der Waals surface area contributed by atoms with Gasteiger partial charge in [0.05, 0.1) is 11.8 Å². The highest BCUT2D eigenvalue weighted by Crippen LogP contribution is 2.43. The molecule has 4 nitrogen and oxygen atoms in total. The fraction of sp³-hybridized carbons (Fsp3) is 0.385. The van der Waals surface area contributed by atoms with E-state index in [0.717, 1.165) is 28.8 Å². The number of anilines is 1.